The third kappa shape index (κ3) is 5.79. The number of hydrogen-bond acceptors (Lipinski definition) is 7. The molecule has 0 aliphatic heterocycles. The van der Waals surface area contributed by atoms with Gasteiger partial charge in [0.2, 0.25) is 5.91 Å². The number of aryl methyl sites for hydroxylation is 2. The minimum Gasteiger partial charge on any atom is -0.485 e. The molecule has 2 heterocycles. The van der Waals surface area contributed by atoms with Crippen molar-refractivity contribution in [2.24, 2.45) is 0 Å². The van der Waals surface area contributed by atoms with Gasteiger partial charge in [-0.25, -0.2) is 4.98 Å². The van der Waals surface area contributed by atoms with E-state index in [-0.39, 0.29) is 18.3 Å². The van der Waals surface area contributed by atoms with Crippen molar-refractivity contribution >= 4 is 44.9 Å². The number of thioether (sulfide) groups is 1. The van der Waals surface area contributed by atoms with Crippen molar-refractivity contribution in [3.63, 3.8) is 0 Å². The fourth-order valence-electron chi connectivity index (χ4n) is 4.02. The standard InChI is InChI=1S/C29H27N5O2S2/c1-4-15-34-26(16-36-25-14-13-21-7-5-6-8-23(21)20(25)3)32-33-29(34)38-18-27(35)31-28-30-24(17-37-28)22-11-9-19(2)10-12-22/h4-14,17H,1,15-16,18H2,2-3H3,(H,30,31,35). The number of hydrogen-bond donors (Lipinski definition) is 1. The molecule has 0 fully saturated rings. The summed E-state index contributed by atoms with van der Waals surface area (Å²) in [5, 5.41) is 17.0. The normalized spacial score (nSPS) is 11.0. The minimum atomic E-state index is -0.155. The van der Waals surface area contributed by atoms with E-state index in [0.717, 1.165) is 28.0 Å². The van der Waals surface area contributed by atoms with Crippen LogP contribution >= 0.6 is 23.1 Å². The number of nitrogens with one attached hydrogen (secondary N) is 1. The van der Waals surface area contributed by atoms with E-state index < -0.39 is 0 Å². The Morgan fingerprint density at radius 1 is 1.11 bits per heavy atom. The number of benzene rings is 3. The molecule has 3 aromatic carbocycles. The number of rotatable bonds is 10. The number of carbonyl (C=O) groups excluding carboxylic acids is 1. The highest BCUT2D eigenvalue weighted by Crippen LogP contribution is 2.28. The second-order valence-corrected chi connectivity index (χ2v) is 10.5. The summed E-state index contributed by atoms with van der Waals surface area (Å²) in [5.74, 6) is 1.50. The van der Waals surface area contributed by atoms with Crippen LogP contribution in [0.3, 0.4) is 0 Å². The van der Waals surface area contributed by atoms with Gasteiger partial charge in [-0.05, 0) is 36.2 Å². The second-order valence-electron chi connectivity index (χ2n) is 8.74. The fourth-order valence-corrected chi connectivity index (χ4v) is 5.53. The van der Waals surface area contributed by atoms with Crippen molar-refractivity contribution in [2.75, 3.05) is 11.1 Å². The van der Waals surface area contributed by atoms with Gasteiger partial charge in [-0.2, -0.15) is 0 Å². The molecule has 7 nitrogen and oxygen atoms in total. The van der Waals surface area contributed by atoms with Crippen LogP contribution < -0.4 is 10.1 Å². The first kappa shape index (κ1) is 25.7. The Morgan fingerprint density at radius 3 is 2.74 bits per heavy atom. The molecule has 1 amide bonds. The minimum absolute atomic E-state index is 0.155. The van der Waals surface area contributed by atoms with Gasteiger partial charge in [-0.1, -0.05) is 78.0 Å². The topological polar surface area (TPSA) is 81.9 Å². The van der Waals surface area contributed by atoms with Crippen molar-refractivity contribution in [1.82, 2.24) is 19.7 Å². The zero-order chi connectivity index (χ0) is 26.5. The molecular weight excluding hydrogens is 514 g/mol. The molecule has 0 saturated heterocycles. The molecule has 0 aliphatic rings. The summed E-state index contributed by atoms with van der Waals surface area (Å²) >= 11 is 2.72. The van der Waals surface area contributed by atoms with Crippen LogP contribution in [0.2, 0.25) is 0 Å². The summed E-state index contributed by atoms with van der Waals surface area (Å²) in [6.45, 7) is 8.73. The lowest BCUT2D eigenvalue weighted by Gasteiger charge is -2.12. The lowest BCUT2D eigenvalue weighted by atomic mass is 10.0. The first-order valence-corrected chi connectivity index (χ1v) is 14.0. The molecule has 0 spiro atoms. The smallest absolute Gasteiger partial charge is 0.236 e. The fraction of sp³-hybridized carbons (Fsp3) is 0.172. The van der Waals surface area contributed by atoms with Crippen molar-refractivity contribution in [2.45, 2.75) is 32.2 Å². The van der Waals surface area contributed by atoms with Crippen molar-refractivity contribution in [3.05, 3.63) is 95.6 Å². The Bertz CT molecular complexity index is 1590. The van der Waals surface area contributed by atoms with Gasteiger partial charge in [0, 0.05) is 17.5 Å². The molecule has 1 N–H and O–H groups in total. The number of amides is 1. The molecule has 0 atom stereocenters. The van der Waals surface area contributed by atoms with E-state index in [2.05, 4.69) is 52.2 Å². The van der Waals surface area contributed by atoms with Crippen LogP contribution in [-0.4, -0.2) is 31.4 Å². The Balaban J connectivity index is 1.21. The predicted molar refractivity (Wildman–Crippen MR) is 155 cm³/mol. The van der Waals surface area contributed by atoms with Crippen molar-refractivity contribution in [3.8, 4) is 17.0 Å². The quantitative estimate of drug-likeness (QED) is 0.157. The van der Waals surface area contributed by atoms with Gasteiger partial charge in [-0.15, -0.1) is 28.1 Å². The zero-order valence-electron chi connectivity index (χ0n) is 21.2. The van der Waals surface area contributed by atoms with Crippen molar-refractivity contribution in [1.29, 1.82) is 0 Å². The third-order valence-electron chi connectivity index (χ3n) is 6.04. The summed E-state index contributed by atoms with van der Waals surface area (Å²) in [4.78, 5) is 17.2. The largest absolute Gasteiger partial charge is 0.485 e. The molecule has 2 aromatic heterocycles. The highest BCUT2D eigenvalue weighted by atomic mass is 32.2. The van der Waals surface area contributed by atoms with Gasteiger partial charge in [0.25, 0.3) is 0 Å². The molecule has 5 rings (SSSR count). The van der Waals surface area contributed by atoms with Crippen LogP contribution in [0, 0.1) is 13.8 Å². The van der Waals surface area contributed by atoms with E-state index in [4.69, 9.17) is 4.74 Å². The molecular formula is C29H27N5O2S2. The van der Waals surface area contributed by atoms with E-state index in [9.17, 15) is 4.79 Å². The second kappa shape index (κ2) is 11.6. The number of anilines is 1. The zero-order valence-corrected chi connectivity index (χ0v) is 22.8. The maximum Gasteiger partial charge on any atom is 0.236 e. The summed E-state index contributed by atoms with van der Waals surface area (Å²) < 4.78 is 8.04. The Labute approximate surface area is 229 Å². The van der Waals surface area contributed by atoms with Gasteiger partial charge >= 0.3 is 0 Å². The Hall–Kier alpha value is -3.95. The summed E-state index contributed by atoms with van der Waals surface area (Å²) in [6, 6.07) is 20.4. The summed E-state index contributed by atoms with van der Waals surface area (Å²) in [6.07, 6.45) is 1.78. The van der Waals surface area contributed by atoms with Crippen LogP contribution in [-0.2, 0) is 17.9 Å². The molecule has 5 aromatic rings. The molecule has 0 radical (unpaired) electrons. The molecule has 0 bridgehead atoms. The number of carbonyl (C=O) groups is 1. The van der Waals surface area contributed by atoms with Gasteiger partial charge in [0.05, 0.1) is 11.4 Å². The van der Waals surface area contributed by atoms with E-state index >= 15 is 0 Å². The molecule has 38 heavy (non-hydrogen) atoms. The lowest BCUT2D eigenvalue weighted by molar-refractivity contribution is -0.113. The first-order valence-electron chi connectivity index (χ1n) is 12.1. The van der Waals surface area contributed by atoms with Crippen molar-refractivity contribution < 1.29 is 9.53 Å². The summed E-state index contributed by atoms with van der Waals surface area (Å²) in [7, 11) is 0. The van der Waals surface area contributed by atoms with Crippen LogP contribution in [0.15, 0.2) is 83.9 Å². The highest BCUT2D eigenvalue weighted by molar-refractivity contribution is 7.99. The molecule has 192 valence electrons. The third-order valence-corrected chi connectivity index (χ3v) is 7.77. The SMILES string of the molecule is C=CCn1c(COc2ccc3ccccc3c2C)nnc1SCC(=O)Nc1nc(-c2ccc(C)cc2)cs1. The predicted octanol–water partition coefficient (Wildman–Crippen LogP) is 6.67. The van der Waals surface area contributed by atoms with Crippen LogP contribution in [0.4, 0.5) is 5.13 Å². The van der Waals surface area contributed by atoms with Crippen LogP contribution in [0.1, 0.15) is 17.0 Å². The number of thiazole rings is 1. The Morgan fingerprint density at radius 2 is 1.92 bits per heavy atom. The lowest BCUT2D eigenvalue weighted by Crippen LogP contribution is -2.15. The molecule has 0 aliphatic carbocycles. The van der Waals surface area contributed by atoms with Gasteiger partial charge in [0.15, 0.2) is 16.1 Å². The number of fused-ring (bicyclic) bond motifs is 1. The number of aromatic nitrogens is 4. The van der Waals surface area contributed by atoms with E-state index in [1.165, 1.54) is 34.0 Å². The summed E-state index contributed by atoms with van der Waals surface area (Å²) in [5.41, 5.74) is 4.14. The number of allylic oxidation sites excluding steroid dienone is 1. The average molecular weight is 542 g/mol. The first-order chi connectivity index (χ1) is 18.5. The van der Waals surface area contributed by atoms with E-state index in [1.54, 1.807) is 6.08 Å². The van der Waals surface area contributed by atoms with Gasteiger partial charge < -0.3 is 10.1 Å². The van der Waals surface area contributed by atoms with E-state index in [1.807, 2.05) is 59.3 Å². The average Bonchev–Trinajstić information content (AvgIpc) is 3.55. The maximum absolute atomic E-state index is 12.6. The monoisotopic (exact) mass is 541 g/mol. The Kier molecular flexibility index (Phi) is 7.86. The number of ether oxygens (including phenoxy) is 1. The molecule has 9 heteroatoms. The van der Waals surface area contributed by atoms with Gasteiger partial charge in [-0.3, -0.25) is 9.36 Å². The molecule has 0 unspecified atom stereocenters. The number of nitrogens with zero attached hydrogens (tertiary/aromatic N) is 4. The maximum atomic E-state index is 12.6. The van der Waals surface area contributed by atoms with Crippen LogP contribution in [0.5, 0.6) is 5.75 Å². The van der Waals surface area contributed by atoms with Gasteiger partial charge in [0.1, 0.15) is 12.4 Å². The van der Waals surface area contributed by atoms with E-state index in [0.29, 0.717) is 22.7 Å². The highest BCUT2D eigenvalue weighted by Gasteiger charge is 2.16. The molecule has 0 saturated carbocycles. The van der Waals surface area contributed by atoms with Crippen LogP contribution in [0.25, 0.3) is 22.0 Å².